The van der Waals surface area contributed by atoms with Crippen molar-refractivity contribution in [1.82, 2.24) is 10.3 Å². The molecule has 0 atom stereocenters. The Kier molecular flexibility index (Phi) is 1.97. The molecule has 1 aromatic rings. The summed E-state index contributed by atoms with van der Waals surface area (Å²) in [5, 5.41) is 5.52. The van der Waals surface area contributed by atoms with E-state index in [-0.39, 0.29) is 0 Å². The molecule has 1 N–H and O–H groups in total. The first-order valence-corrected chi connectivity index (χ1v) is 2.69. The Hall–Kier alpha value is -1.27. The summed E-state index contributed by atoms with van der Waals surface area (Å²) in [6.07, 6.45) is -1.82. The molecule has 0 fully saturated rings. The molecule has 1 heterocycles. The lowest BCUT2D eigenvalue weighted by Gasteiger charge is -2.02. The van der Waals surface area contributed by atoms with Crippen LogP contribution in [0.15, 0.2) is 12.4 Å². The molecule has 0 spiro atoms. The number of nitrogens with one attached hydrogen (secondary N) is 1. The van der Waals surface area contributed by atoms with Crippen LogP contribution in [-0.4, -0.2) is 23.1 Å². The Balaban J connectivity index is 2.35. The molecule has 4 nitrogen and oxygen atoms in total. The second kappa shape index (κ2) is 2.77. The monoisotopic (exact) mass is 168 g/mol. The number of halogens is 3. The third-order valence-electron chi connectivity index (χ3n) is 0.800. The van der Waals surface area contributed by atoms with Crippen LogP contribution in [0.1, 0.15) is 0 Å². The summed E-state index contributed by atoms with van der Waals surface area (Å²) in [5.74, 6) is 0. The standard InChI is InChI=1S/C4H4F3N3O/c5-4(6,7)3-11-10-2-1-8-9-10/h1-2H,3H2/p+1. The Morgan fingerprint density at radius 1 is 1.55 bits per heavy atom. The van der Waals surface area contributed by atoms with E-state index in [0.717, 1.165) is 4.85 Å². The molecule has 7 heteroatoms. The van der Waals surface area contributed by atoms with Crippen molar-refractivity contribution in [3.63, 3.8) is 0 Å². The number of aromatic nitrogens is 3. The van der Waals surface area contributed by atoms with Crippen LogP contribution in [0.2, 0.25) is 0 Å². The maximum atomic E-state index is 11.5. The van der Waals surface area contributed by atoms with E-state index in [1.165, 1.54) is 12.4 Å². The molecule has 0 saturated carbocycles. The van der Waals surface area contributed by atoms with Gasteiger partial charge in [0.2, 0.25) is 19.0 Å². The first-order chi connectivity index (χ1) is 5.08. The zero-order valence-corrected chi connectivity index (χ0v) is 5.30. The fourth-order valence-electron chi connectivity index (χ4n) is 0.432. The van der Waals surface area contributed by atoms with E-state index in [9.17, 15) is 13.2 Å². The van der Waals surface area contributed by atoms with Crippen LogP contribution in [0.5, 0.6) is 0 Å². The lowest BCUT2D eigenvalue weighted by molar-refractivity contribution is -0.937. The van der Waals surface area contributed by atoms with Crippen molar-refractivity contribution in [2.24, 2.45) is 0 Å². The molecule has 0 aliphatic carbocycles. The third-order valence-corrected chi connectivity index (χ3v) is 0.800. The summed E-state index contributed by atoms with van der Waals surface area (Å²) < 4.78 is 34.4. The molecule has 11 heavy (non-hydrogen) atoms. The number of aromatic amines is 1. The van der Waals surface area contributed by atoms with Crippen molar-refractivity contribution in [2.75, 3.05) is 6.61 Å². The largest absolute Gasteiger partial charge is 0.427 e. The van der Waals surface area contributed by atoms with E-state index in [4.69, 9.17) is 0 Å². The van der Waals surface area contributed by atoms with Crippen molar-refractivity contribution in [1.29, 1.82) is 0 Å². The minimum Gasteiger partial charge on any atom is -0.307 e. The van der Waals surface area contributed by atoms with E-state index in [1.807, 2.05) is 0 Å². The van der Waals surface area contributed by atoms with Gasteiger partial charge in [0.1, 0.15) is 0 Å². The van der Waals surface area contributed by atoms with Gasteiger partial charge in [0.05, 0.1) is 0 Å². The first kappa shape index (κ1) is 7.83. The molecule has 62 valence electrons. The zero-order chi connectivity index (χ0) is 8.32. The highest BCUT2D eigenvalue weighted by Crippen LogP contribution is 2.11. The topological polar surface area (TPSA) is 41.8 Å². The van der Waals surface area contributed by atoms with Gasteiger partial charge in [-0.05, 0) is 5.21 Å². The van der Waals surface area contributed by atoms with Gasteiger partial charge in [0.25, 0.3) is 0 Å². The van der Waals surface area contributed by atoms with Gasteiger partial charge in [-0.3, -0.25) is 0 Å². The van der Waals surface area contributed by atoms with E-state index in [0.29, 0.717) is 0 Å². The number of hydrogen-bond acceptors (Lipinski definition) is 2. The summed E-state index contributed by atoms with van der Waals surface area (Å²) in [5.41, 5.74) is 0. The van der Waals surface area contributed by atoms with Gasteiger partial charge < -0.3 is 4.84 Å². The van der Waals surface area contributed by atoms with E-state index < -0.39 is 12.8 Å². The normalized spacial score (nSPS) is 11.5. The average molecular weight is 168 g/mol. The second-order valence-corrected chi connectivity index (χ2v) is 1.74. The van der Waals surface area contributed by atoms with E-state index in [1.54, 1.807) is 0 Å². The van der Waals surface area contributed by atoms with Crippen LogP contribution in [0.25, 0.3) is 0 Å². The van der Waals surface area contributed by atoms with Crippen molar-refractivity contribution in [3.05, 3.63) is 12.4 Å². The molecule has 0 saturated heterocycles. The van der Waals surface area contributed by atoms with Crippen LogP contribution in [0, 0.1) is 0 Å². The zero-order valence-electron chi connectivity index (χ0n) is 5.30. The number of hydrogen-bond donors (Lipinski definition) is 1. The van der Waals surface area contributed by atoms with Crippen LogP contribution in [-0.2, 0) is 0 Å². The second-order valence-electron chi connectivity index (χ2n) is 1.74. The fraction of sp³-hybridized carbons (Fsp3) is 0.500. The Bertz CT molecular complexity index is 207. The van der Waals surface area contributed by atoms with E-state index in [2.05, 4.69) is 15.1 Å². The summed E-state index contributed by atoms with van der Waals surface area (Å²) >= 11 is 0. The minimum atomic E-state index is -4.32. The Labute approximate surface area is 59.5 Å². The number of rotatable bonds is 2. The predicted molar refractivity (Wildman–Crippen MR) is 26.3 cm³/mol. The third kappa shape index (κ3) is 2.87. The van der Waals surface area contributed by atoms with Crippen LogP contribution >= 0.6 is 0 Å². The molecule has 1 aromatic heterocycles. The molecule has 0 aliphatic rings. The van der Waals surface area contributed by atoms with Gasteiger partial charge in [0.15, 0.2) is 0 Å². The Morgan fingerprint density at radius 2 is 2.27 bits per heavy atom. The molecular weight excluding hydrogens is 163 g/mol. The molecule has 0 aliphatic heterocycles. The van der Waals surface area contributed by atoms with Gasteiger partial charge >= 0.3 is 6.18 Å². The van der Waals surface area contributed by atoms with Gasteiger partial charge in [-0.25, -0.2) is 0 Å². The SMILES string of the molecule is FC(F)(F)CO[n+]1ccn[nH]1. The molecule has 0 bridgehead atoms. The highest BCUT2D eigenvalue weighted by atomic mass is 19.4. The first-order valence-electron chi connectivity index (χ1n) is 2.69. The van der Waals surface area contributed by atoms with E-state index >= 15 is 0 Å². The van der Waals surface area contributed by atoms with Crippen LogP contribution in [0.3, 0.4) is 0 Å². The smallest absolute Gasteiger partial charge is 0.307 e. The molecule has 0 amide bonds. The van der Waals surface area contributed by atoms with Crippen molar-refractivity contribution >= 4 is 0 Å². The van der Waals surface area contributed by atoms with Gasteiger partial charge in [0, 0.05) is 9.94 Å². The number of alkyl halides is 3. The molecule has 1 rings (SSSR count). The summed E-state index contributed by atoms with van der Waals surface area (Å²) in [4.78, 5) is 4.96. The maximum absolute atomic E-state index is 11.5. The fourth-order valence-corrected chi connectivity index (χ4v) is 0.432. The van der Waals surface area contributed by atoms with Gasteiger partial charge in [-0.2, -0.15) is 13.2 Å². The number of nitrogens with zero attached hydrogens (tertiary/aromatic N) is 2. The molecular formula is C4H5F3N3O+. The lowest BCUT2D eigenvalue weighted by Crippen LogP contribution is -2.47. The van der Waals surface area contributed by atoms with Crippen molar-refractivity contribution < 1.29 is 22.9 Å². The molecule has 0 unspecified atom stereocenters. The summed E-state index contributed by atoms with van der Waals surface area (Å²) in [6, 6.07) is 0. The Morgan fingerprint density at radius 3 is 2.73 bits per heavy atom. The van der Waals surface area contributed by atoms with Gasteiger partial charge in [-0.15, -0.1) is 0 Å². The van der Waals surface area contributed by atoms with Crippen molar-refractivity contribution in [2.45, 2.75) is 6.18 Å². The summed E-state index contributed by atoms with van der Waals surface area (Å²) in [7, 11) is 0. The maximum Gasteiger partial charge on any atom is 0.427 e. The van der Waals surface area contributed by atoms with Crippen LogP contribution in [0.4, 0.5) is 13.2 Å². The molecule has 0 radical (unpaired) electrons. The van der Waals surface area contributed by atoms with Gasteiger partial charge in [-0.1, -0.05) is 0 Å². The van der Waals surface area contributed by atoms with Crippen LogP contribution < -0.4 is 9.68 Å². The predicted octanol–water partition coefficient (Wildman–Crippen LogP) is -0.312. The number of H-pyrrole nitrogens is 1. The highest BCUT2D eigenvalue weighted by molar-refractivity contribution is 4.47. The lowest BCUT2D eigenvalue weighted by atomic mass is 10.7. The summed E-state index contributed by atoms with van der Waals surface area (Å²) in [6.45, 7) is -1.33. The van der Waals surface area contributed by atoms with Crippen molar-refractivity contribution in [3.8, 4) is 0 Å². The minimum absolute atomic E-state index is 0.771. The molecule has 0 aromatic carbocycles. The average Bonchev–Trinajstić information content (AvgIpc) is 2.32. The highest BCUT2D eigenvalue weighted by Gasteiger charge is 2.30. The quantitative estimate of drug-likeness (QED) is 0.615.